The topological polar surface area (TPSA) is 84.4 Å². The quantitative estimate of drug-likeness (QED) is 0.309. The number of carbonyl (C=O) groups is 2. The van der Waals surface area contributed by atoms with Gasteiger partial charge in [0.25, 0.3) is 5.91 Å². The Morgan fingerprint density at radius 3 is 2.60 bits per heavy atom. The Bertz CT molecular complexity index is 1280. The summed E-state index contributed by atoms with van der Waals surface area (Å²) in [5.74, 6) is -0.209. The number of aromatic nitrogens is 2. The number of benzene rings is 2. The fourth-order valence-electron chi connectivity index (χ4n) is 3.08. The highest BCUT2D eigenvalue weighted by atomic mass is 32.2. The van der Waals surface area contributed by atoms with Gasteiger partial charge in [-0.2, -0.15) is 18.1 Å². The molecule has 0 bridgehead atoms. The number of hydrogen-bond acceptors (Lipinski definition) is 8. The summed E-state index contributed by atoms with van der Waals surface area (Å²) >= 11 is 7.52. The zero-order valence-corrected chi connectivity index (χ0v) is 20.7. The molecule has 12 heteroatoms. The number of alkyl halides is 2. The van der Waals surface area contributed by atoms with Crippen LogP contribution in [0.15, 0.2) is 53.4 Å². The van der Waals surface area contributed by atoms with Crippen LogP contribution in [0.25, 0.3) is 17.5 Å². The van der Waals surface area contributed by atoms with E-state index in [1.165, 1.54) is 28.8 Å². The summed E-state index contributed by atoms with van der Waals surface area (Å²) in [4.78, 5) is 31.3. The third kappa shape index (κ3) is 6.47. The fourth-order valence-corrected chi connectivity index (χ4v) is 4.99. The number of anilines is 1. The molecule has 4 rings (SSSR count). The number of rotatable bonds is 8. The van der Waals surface area contributed by atoms with Crippen molar-refractivity contribution in [2.45, 2.75) is 20.0 Å². The number of hydrogen-bond donors (Lipinski definition) is 1. The Balaban J connectivity index is 1.31. The molecule has 1 fully saturated rings. The van der Waals surface area contributed by atoms with Crippen molar-refractivity contribution < 1.29 is 23.1 Å². The third-order valence-electron chi connectivity index (χ3n) is 4.82. The van der Waals surface area contributed by atoms with Gasteiger partial charge in [0.05, 0.1) is 4.91 Å². The number of aryl methyl sites for hydroxylation is 1. The average molecular weight is 533 g/mol. The minimum Gasteiger partial charge on any atom is -0.435 e. The number of amides is 2. The molecule has 2 amide bonds. The molecule has 180 valence electrons. The van der Waals surface area contributed by atoms with Crippen molar-refractivity contribution >= 4 is 62.9 Å². The lowest BCUT2D eigenvalue weighted by atomic mass is 10.1. The molecule has 35 heavy (non-hydrogen) atoms. The second-order valence-electron chi connectivity index (χ2n) is 7.37. The molecule has 0 radical (unpaired) electrons. The van der Waals surface area contributed by atoms with Crippen molar-refractivity contribution in [3.63, 3.8) is 0 Å². The lowest BCUT2D eigenvalue weighted by molar-refractivity contribution is -0.122. The molecule has 2 aromatic carbocycles. The van der Waals surface area contributed by atoms with Gasteiger partial charge in [0, 0.05) is 30.1 Å². The molecule has 1 N–H and O–H groups in total. The van der Waals surface area contributed by atoms with Crippen LogP contribution in [0.3, 0.4) is 0 Å². The molecule has 2 heterocycles. The zero-order valence-electron chi connectivity index (χ0n) is 18.2. The Morgan fingerprint density at radius 1 is 1.20 bits per heavy atom. The fraction of sp³-hybridized carbons (Fsp3) is 0.174. The van der Waals surface area contributed by atoms with Crippen LogP contribution in [0.2, 0.25) is 0 Å². The Hall–Kier alpha value is -3.22. The average Bonchev–Trinajstić information content (AvgIpc) is 3.38. The van der Waals surface area contributed by atoms with E-state index >= 15 is 0 Å². The number of halogens is 2. The van der Waals surface area contributed by atoms with Gasteiger partial charge in [0.2, 0.25) is 11.0 Å². The molecule has 1 saturated heterocycles. The number of nitrogens with one attached hydrogen (secondary N) is 1. The van der Waals surface area contributed by atoms with Gasteiger partial charge in [-0.15, -0.1) is 0 Å². The summed E-state index contributed by atoms with van der Waals surface area (Å²) in [5.41, 5.74) is 2.61. The number of carbonyl (C=O) groups excluding carboxylic acids is 2. The van der Waals surface area contributed by atoms with E-state index < -0.39 is 6.61 Å². The van der Waals surface area contributed by atoms with Crippen LogP contribution in [-0.4, -0.2) is 43.5 Å². The van der Waals surface area contributed by atoms with Crippen molar-refractivity contribution in [2.24, 2.45) is 0 Å². The van der Waals surface area contributed by atoms with Crippen LogP contribution in [0.4, 0.5) is 13.9 Å². The van der Waals surface area contributed by atoms with E-state index in [1.54, 1.807) is 18.2 Å². The number of thioether (sulfide) groups is 1. The van der Waals surface area contributed by atoms with E-state index in [0.29, 0.717) is 20.6 Å². The Labute approximate surface area is 213 Å². The van der Waals surface area contributed by atoms with Gasteiger partial charge >= 0.3 is 6.61 Å². The molecule has 1 aliphatic rings. The third-order valence-corrected chi connectivity index (χ3v) is 6.83. The molecule has 0 atom stereocenters. The van der Waals surface area contributed by atoms with E-state index in [9.17, 15) is 18.4 Å². The van der Waals surface area contributed by atoms with Crippen molar-refractivity contribution in [3.8, 4) is 17.1 Å². The second kappa shape index (κ2) is 11.0. The van der Waals surface area contributed by atoms with Gasteiger partial charge in [-0.3, -0.25) is 14.5 Å². The molecule has 0 unspecified atom stereocenters. The van der Waals surface area contributed by atoms with Crippen LogP contribution in [0.5, 0.6) is 5.75 Å². The van der Waals surface area contributed by atoms with Crippen LogP contribution < -0.4 is 10.1 Å². The minimum atomic E-state index is -2.90. The molecule has 1 aliphatic heterocycles. The maximum atomic E-state index is 12.7. The van der Waals surface area contributed by atoms with E-state index in [-0.39, 0.29) is 35.7 Å². The number of thiocarbonyl (C=S) groups is 1. The van der Waals surface area contributed by atoms with E-state index in [4.69, 9.17) is 12.2 Å². The molecule has 0 saturated carbocycles. The van der Waals surface area contributed by atoms with Crippen molar-refractivity contribution in [2.75, 3.05) is 11.9 Å². The van der Waals surface area contributed by atoms with Gasteiger partial charge in [0.15, 0.2) is 5.82 Å². The molecular formula is C23H18F2N4O3S3. The van der Waals surface area contributed by atoms with Crippen molar-refractivity contribution in [1.82, 2.24) is 14.3 Å². The number of ether oxygens (including phenoxy) is 1. The summed E-state index contributed by atoms with van der Waals surface area (Å²) in [7, 11) is 0. The van der Waals surface area contributed by atoms with Crippen molar-refractivity contribution in [1.29, 1.82) is 0 Å². The van der Waals surface area contributed by atoms with Gasteiger partial charge in [-0.1, -0.05) is 53.8 Å². The predicted octanol–water partition coefficient (Wildman–Crippen LogP) is 5.34. The van der Waals surface area contributed by atoms with Crippen LogP contribution in [0, 0.1) is 6.92 Å². The molecule has 7 nitrogen and oxygen atoms in total. The van der Waals surface area contributed by atoms with Crippen molar-refractivity contribution in [3.05, 3.63) is 64.6 Å². The number of nitrogens with zero attached hydrogens (tertiary/aromatic N) is 3. The standard InChI is InChI=1S/C23H18F2N4O3S3/c1-13-2-4-14(5-3-13)12-17-20(31)29(23(33)34-17)11-10-18(30)26-22-27-19(28-35-22)15-6-8-16(9-7-15)32-21(24)25/h2-9,12,21H,10-11H2,1H3,(H,26,27,28,30)/b17-12-. The lowest BCUT2D eigenvalue weighted by Crippen LogP contribution is -2.31. The normalized spacial score (nSPS) is 14.7. The molecule has 3 aromatic rings. The summed E-state index contributed by atoms with van der Waals surface area (Å²) in [6.07, 6.45) is 1.81. The summed E-state index contributed by atoms with van der Waals surface area (Å²) < 4.78 is 33.4. The molecule has 0 spiro atoms. The predicted molar refractivity (Wildman–Crippen MR) is 136 cm³/mol. The van der Waals surface area contributed by atoms with E-state index in [0.717, 1.165) is 22.7 Å². The maximum absolute atomic E-state index is 12.7. The largest absolute Gasteiger partial charge is 0.435 e. The van der Waals surface area contributed by atoms with E-state index in [2.05, 4.69) is 19.4 Å². The first-order chi connectivity index (χ1) is 16.8. The lowest BCUT2D eigenvalue weighted by Gasteiger charge is -2.13. The first-order valence-electron chi connectivity index (χ1n) is 10.3. The van der Waals surface area contributed by atoms with Gasteiger partial charge < -0.3 is 10.1 Å². The molecular weight excluding hydrogens is 514 g/mol. The molecule has 0 aliphatic carbocycles. The highest BCUT2D eigenvalue weighted by Crippen LogP contribution is 2.32. The summed E-state index contributed by atoms with van der Waals surface area (Å²) in [6.45, 7) is -0.777. The van der Waals surface area contributed by atoms with Gasteiger partial charge in [-0.05, 0) is 42.8 Å². The minimum absolute atomic E-state index is 0.0249. The highest BCUT2D eigenvalue weighted by molar-refractivity contribution is 8.26. The summed E-state index contributed by atoms with van der Waals surface area (Å²) in [6, 6.07) is 13.6. The monoisotopic (exact) mass is 532 g/mol. The Kier molecular flexibility index (Phi) is 7.83. The SMILES string of the molecule is Cc1ccc(/C=C2\SC(=S)N(CCC(=O)Nc3nc(-c4ccc(OC(F)F)cc4)ns3)C2=O)cc1. The maximum Gasteiger partial charge on any atom is 0.387 e. The van der Waals surface area contributed by atoms with Gasteiger partial charge in [-0.25, -0.2) is 0 Å². The van der Waals surface area contributed by atoms with E-state index in [1.807, 2.05) is 31.2 Å². The van der Waals surface area contributed by atoms with Crippen LogP contribution in [-0.2, 0) is 9.59 Å². The van der Waals surface area contributed by atoms with Crippen LogP contribution in [0.1, 0.15) is 17.5 Å². The first kappa shape index (κ1) is 24.9. The Morgan fingerprint density at radius 2 is 1.91 bits per heavy atom. The molecule has 1 aromatic heterocycles. The van der Waals surface area contributed by atoms with Gasteiger partial charge in [0.1, 0.15) is 10.1 Å². The van der Waals surface area contributed by atoms with Crippen LogP contribution >= 0.6 is 35.5 Å². The first-order valence-corrected chi connectivity index (χ1v) is 12.3. The zero-order chi connectivity index (χ0) is 24.9. The summed E-state index contributed by atoms with van der Waals surface area (Å²) in [5, 5.41) is 2.94. The second-order valence-corrected chi connectivity index (χ2v) is 9.80. The highest BCUT2D eigenvalue weighted by Gasteiger charge is 2.32. The smallest absolute Gasteiger partial charge is 0.387 e.